The van der Waals surface area contributed by atoms with Crippen molar-refractivity contribution in [2.45, 2.75) is 6.92 Å². The Balaban J connectivity index is 2.93. The number of hydrogen-bond donors (Lipinski definition) is 1. The number of carbonyl (C=O) groups excluding carboxylic acids is 1. The molecule has 0 fully saturated rings. The number of aromatic nitrogens is 2. The van der Waals surface area contributed by atoms with Gasteiger partial charge in [-0.05, 0) is 17.6 Å². The predicted molar refractivity (Wildman–Crippen MR) is 43.4 cm³/mol. The van der Waals surface area contributed by atoms with Gasteiger partial charge < -0.3 is 9.72 Å². The molecular formula is C6H7N5O2. The summed E-state index contributed by atoms with van der Waals surface area (Å²) in [5.41, 5.74) is 8.13. The van der Waals surface area contributed by atoms with E-state index in [2.05, 4.69) is 24.7 Å². The maximum absolute atomic E-state index is 11.1. The second-order valence-electron chi connectivity index (χ2n) is 2.01. The summed E-state index contributed by atoms with van der Waals surface area (Å²) in [6.45, 7) is 1.93. The van der Waals surface area contributed by atoms with Crippen molar-refractivity contribution in [3.63, 3.8) is 0 Å². The smallest absolute Gasteiger partial charge is 0.359 e. The molecule has 7 nitrogen and oxygen atoms in total. The number of imidazole rings is 1. The number of aromatic amines is 1. The summed E-state index contributed by atoms with van der Waals surface area (Å²) < 4.78 is 4.67. The molecule has 13 heavy (non-hydrogen) atoms. The number of rotatable bonds is 3. The minimum absolute atomic E-state index is 0.000324. The van der Waals surface area contributed by atoms with Gasteiger partial charge in [-0.15, -0.1) is 0 Å². The van der Waals surface area contributed by atoms with E-state index >= 15 is 0 Å². The highest BCUT2D eigenvalue weighted by Crippen LogP contribution is 2.14. The lowest BCUT2D eigenvalue weighted by Gasteiger charge is -1.97. The SMILES string of the molecule is CCOC(=O)c1nc[nH]c1N=[N+]=[N-]. The largest absolute Gasteiger partial charge is 0.461 e. The van der Waals surface area contributed by atoms with Gasteiger partial charge in [0, 0.05) is 4.91 Å². The van der Waals surface area contributed by atoms with Crippen LogP contribution in [0.3, 0.4) is 0 Å². The fourth-order valence-corrected chi connectivity index (χ4v) is 0.757. The molecule has 0 saturated heterocycles. The summed E-state index contributed by atoms with van der Waals surface area (Å²) in [5, 5.41) is 3.23. The van der Waals surface area contributed by atoms with Gasteiger partial charge >= 0.3 is 5.97 Å². The van der Waals surface area contributed by atoms with Crippen LogP contribution in [0.1, 0.15) is 17.4 Å². The van der Waals surface area contributed by atoms with Crippen molar-refractivity contribution in [1.29, 1.82) is 0 Å². The van der Waals surface area contributed by atoms with Gasteiger partial charge in [0.15, 0.2) is 5.69 Å². The highest BCUT2D eigenvalue weighted by atomic mass is 16.5. The van der Waals surface area contributed by atoms with Crippen LogP contribution in [0.25, 0.3) is 10.4 Å². The van der Waals surface area contributed by atoms with Crippen molar-refractivity contribution >= 4 is 11.8 Å². The third-order valence-electron chi connectivity index (χ3n) is 1.23. The normalized spacial score (nSPS) is 9.00. The Morgan fingerprint density at radius 3 is 3.31 bits per heavy atom. The maximum atomic E-state index is 11.1. The zero-order valence-corrected chi connectivity index (χ0v) is 6.89. The summed E-state index contributed by atoms with van der Waals surface area (Å²) in [4.78, 5) is 19.8. The molecule has 1 rings (SSSR count). The van der Waals surface area contributed by atoms with E-state index in [0.29, 0.717) is 0 Å². The van der Waals surface area contributed by atoms with Gasteiger partial charge in [-0.1, -0.05) is 0 Å². The first kappa shape index (κ1) is 9.08. The van der Waals surface area contributed by atoms with Crippen LogP contribution in [0.15, 0.2) is 11.4 Å². The Hall–Kier alpha value is -2.01. The number of nitrogens with one attached hydrogen (secondary N) is 1. The third kappa shape index (κ3) is 1.97. The average molecular weight is 181 g/mol. The second kappa shape index (κ2) is 4.13. The number of ether oxygens (including phenoxy) is 1. The molecule has 0 radical (unpaired) electrons. The lowest BCUT2D eigenvalue weighted by molar-refractivity contribution is 0.0521. The molecule has 0 spiro atoms. The summed E-state index contributed by atoms with van der Waals surface area (Å²) >= 11 is 0. The van der Waals surface area contributed by atoms with Crippen molar-refractivity contribution in [3.8, 4) is 0 Å². The van der Waals surface area contributed by atoms with Crippen molar-refractivity contribution in [2.24, 2.45) is 5.11 Å². The zero-order chi connectivity index (χ0) is 9.68. The Morgan fingerprint density at radius 1 is 1.92 bits per heavy atom. The van der Waals surface area contributed by atoms with Crippen molar-refractivity contribution in [3.05, 3.63) is 22.5 Å². The van der Waals surface area contributed by atoms with E-state index in [4.69, 9.17) is 5.53 Å². The number of H-pyrrole nitrogens is 1. The molecule has 0 unspecified atom stereocenters. The average Bonchev–Trinajstić information content (AvgIpc) is 2.54. The van der Waals surface area contributed by atoms with E-state index in [1.54, 1.807) is 6.92 Å². The van der Waals surface area contributed by atoms with E-state index in [1.165, 1.54) is 6.33 Å². The molecule has 1 aromatic rings. The number of nitrogens with zero attached hydrogens (tertiary/aromatic N) is 4. The molecule has 68 valence electrons. The lowest BCUT2D eigenvalue weighted by Crippen LogP contribution is -2.04. The van der Waals surface area contributed by atoms with Gasteiger partial charge in [0.25, 0.3) is 0 Å². The molecule has 0 aliphatic carbocycles. The summed E-state index contributed by atoms with van der Waals surface area (Å²) in [6, 6.07) is 0. The molecule has 1 aromatic heterocycles. The predicted octanol–water partition coefficient (Wildman–Crippen LogP) is 1.53. The molecule has 0 aliphatic heterocycles. The molecule has 0 amide bonds. The van der Waals surface area contributed by atoms with Crippen LogP contribution in [0, 0.1) is 0 Å². The quantitative estimate of drug-likeness (QED) is 0.331. The zero-order valence-electron chi connectivity index (χ0n) is 6.89. The van der Waals surface area contributed by atoms with Crippen LogP contribution >= 0.6 is 0 Å². The van der Waals surface area contributed by atoms with E-state index in [0.717, 1.165) is 0 Å². The fraction of sp³-hybridized carbons (Fsp3) is 0.333. The van der Waals surface area contributed by atoms with Gasteiger partial charge in [-0.3, -0.25) is 0 Å². The van der Waals surface area contributed by atoms with Crippen LogP contribution < -0.4 is 0 Å². The monoisotopic (exact) mass is 181 g/mol. The summed E-state index contributed by atoms with van der Waals surface area (Å²) in [7, 11) is 0. The van der Waals surface area contributed by atoms with Crippen molar-refractivity contribution in [2.75, 3.05) is 6.61 Å². The first-order chi connectivity index (χ1) is 6.29. The first-order valence-corrected chi connectivity index (χ1v) is 3.55. The highest BCUT2D eigenvalue weighted by Gasteiger charge is 2.13. The van der Waals surface area contributed by atoms with E-state index in [9.17, 15) is 4.79 Å². The van der Waals surface area contributed by atoms with Gasteiger partial charge in [0.1, 0.15) is 5.82 Å². The standard InChI is InChI=1S/C6H7N5O2/c1-2-13-6(12)4-5(10-11-7)9-3-8-4/h3H,2H2,1H3,(H,8,9). The molecule has 1 heterocycles. The van der Waals surface area contributed by atoms with Crippen LogP contribution in [0.5, 0.6) is 0 Å². The van der Waals surface area contributed by atoms with Gasteiger partial charge in [0.2, 0.25) is 0 Å². The fourth-order valence-electron chi connectivity index (χ4n) is 0.757. The highest BCUT2D eigenvalue weighted by molar-refractivity contribution is 5.91. The van der Waals surface area contributed by atoms with E-state index in [1.807, 2.05) is 0 Å². The van der Waals surface area contributed by atoms with Gasteiger partial charge in [-0.2, -0.15) is 0 Å². The number of hydrogen-bond acceptors (Lipinski definition) is 4. The van der Waals surface area contributed by atoms with Crippen molar-refractivity contribution < 1.29 is 9.53 Å². The number of azide groups is 1. The van der Waals surface area contributed by atoms with Crippen LogP contribution in [-0.2, 0) is 4.74 Å². The molecule has 0 aliphatic rings. The topological polar surface area (TPSA) is 104 Å². The number of carbonyl (C=O) groups is 1. The van der Waals surface area contributed by atoms with Crippen LogP contribution in [0.4, 0.5) is 5.82 Å². The summed E-state index contributed by atoms with van der Waals surface area (Å²) in [6.07, 6.45) is 1.26. The maximum Gasteiger partial charge on any atom is 0.359 e. The minimum Gasteiger partial charge on any atom is -0.461 e. The molecule has 0 atom stereocenters. The molecule has 0 aromatic carbocycles. The van der Waals surface area contributed by atoms with E-state index in [-0.39, 0.29) is 18.1 Å². The second-order valence-corrected chi connectivity index (χ2v) is 2.01. The van der Waals surface area contributed by atoms with Gasteiger partial charge in [0.05, 0.1) is 12.9 Å². The lowest BCUT2D eigenvalue weighted by atomic mass is 10.4. The minimum atomic E-state index is -0.605. The van der Waals surface area contributed by atoms with Crippen LogP contribution in [-0.4, -0.2) is 22.5 Å². The molecule has 0 bridgehead atoms. The Labute approximate surface area is 73.4 Å². The summed E-state index contributed by atoms with van der Waals surface area (Å²) in [5.74, 6) is -0.535. The number of esters is 1. The van der Waals surface area contributed by atoms with E-state index < -0.39 is 5.97 Å². The molecule has 1 N–H and O–H groups in total. The molecule has 0 saturated carbocycles. The Bertz CT molecular complexity index is 352. The molecule has 7 heteroatoms. The Kier molecular flexibility index (Phi) is 2.88. The third-order valence-corrected chi connectivity index (χ3v) is 1.23. The first-order valence-electron chi connectivity index (χ1n) is 3.55. The van der Waals surface area contributed by atoms with Crippen molar-refractivity contribution in [1.82, 2.24) is 9.97 Å². The Morgan fingerprint density at radius 2 is 2.69 bits per heavy atom. The van der Waals surface area contributed by atoms with Crippen LogP contribution in [0.2, 0.25) is 0 Å². The van der Waals surface area contributed by atoms with Gasteiger partial charge in [-0.25, -0.2) is 9.78 Å². The molecular weight excluding hydrogens is 174 g/mol.